The fraction of sp³-hybridized carbons (Fsp3) is 0.818. The van der Waals surface area contributed by atoms with E-state index in [1.165, 1.54) is 0 Å². The molecule has 1 rings (SSSR count). The predicted octanol–water partition coefficient (Wildman–Crippen LogP) is 0.531. The van der Waals surface area contributed by atoms with E-state index in [2.05, 4.69) is 13.8 Å². The molecule has 0 aromatic rings. The third-order valence-electron chi connectivity index (χ3n) is 2.72. The van der Waals surface area contributed by atoms with E-state index in [1.807, 2.05) is 11.8 Å². The number of amides is 1. The summed E-state index contributed by atoms with van der Waals surface area (Å²) >= 11 is 1.86. The highest BCUT2D eigenvalue weighted by Crippen LogP contribution is 2.25. The minimum absolute atomic E-state index is 0.0550. The van der Waals surface area contributed by atoms with Crippen LogP contribution in [0.25, 0.3) is 0 Å². The molecule has 1 fully saturated rings. The Labute approximate surface area is 106 Å². The molecule has 0 aliphatic carbocycles. The summed E-state index contributed by atoms with van der Waals surface area (Å²) < 4.78 is 0. The van der Waals surface area contributed by atoms with E-state index < -0.39 is 12.0 Å². The lowest BCUT2D eigenvalue weighted by Crippen LogP contribution is -2.50. The number of carbonyl (C=O) groups is 2. The van der Waals surface area contributed by atoms with Gasteiger partial charge in [0.15, 0.2) is 0 Å². The Morgan fingerprint density at radius 2 is 1.94 bits per heavy atom. The molecular weight excluding hydrogens is 240 g/mol. The standard InChI is InChI=1S/C11H20N2O3S/c1-7-5-13(6-8(2)17-7)11(16)9(12)3-4-10(14)15/h7-9H,3-6,12H2,1-2H3,(H,14,15). The summed E-state index contributed by atoms with van der Waals surface area (Å²) in [7, 11) is 0. The normalized spacial score (nSPS) is 26.6. The molecular formula is C11H20N2O3S. The first kappa shape index (κ1) is 14.3. The second-order valence-corrected chi connectivity index (χ2v) is 6.42. The molecule has 3 N–H and O–H groups in total. The van der Waals surface area contributed by atoms with Crippen LogP contribution < -0.4 is 5.73 Å². The van der Waals surface area contributed by atoms with Gasteiger partial charge in [-0.25, -0.2) is 0 Å². The highest BCUT2D eigenvalue weighted by molar-refractivity contribution is 8.00. The van der Waals surface area contributed by atoms with Gasteiger partial charge in [-0.15, -0.1) is 0 Å². The van der Waals surface area contributed by atoms with Gasteiger partial charge in [0.1, 0.15) is 0 Å². The predicted molar refractivity (Wildman–Crippen MR) is 67.9 cm³/mol. The Hall–Kier alpha value is -0.750. The van der Waals surface area contributed by atoms with Crippen LogP contribution in [0.2, 0.25) is 0 Å². The summed E-state index contributed by atoms with van der Waals surface area (Å²) in [6, 6.07) is -0.686. The fourth-order valence-corrected chi connectivity index (χ4v) is 3.32. The molecule has 3 atom stereocenters. The van der Waals surface area contributed by atoms with E-state index in [1.54, 1.807) is 4.90 Å². The van der Waals surface area contributed by atoms with Crippen molar-refractivity contribution in [2.75, 3.05) is 13.1 Å². The maximum Gasteiger partial charge on any atom is 0.303 e. The van der Waals surface area contributed by atoms with Gasteiger partial charge in [-0.3, -0.25) is 9.59 Å². The number of hydrogen-bond acceptors (Lipinski definition) is 4. The maximum atomic E-state index is 12.0. The zero-order chi connectivity index (χ0) is 13.0. The Morgan fingerprint density at radius 3 is 2.41 bits per heavy atom. The van der Waals surface area contributed by atoms with Gasteiger partial charge < -0.3 is 15.7 Å². The monoisotopic (exact) mass is 260 g/mol. The van der Waals surface area contributed by atoms with Gasteiger partial charge in [-0.2, -0.15) is 11.8 Å². The zero-order valence-corrected chi connectivity index (χ0v) is 11.1. The number of nitrogens with two attached hydrogens (primary N) is 1. The molecule has 6 heteroatoms. The molecule has 1 saturated heterocycles. The summed E-state index contributed by atoms with van der Waals surface area (Å²) in [6.45, 7) is 5.58. The van der Waals surface area contributed by atoms with Gasteiger partial charge in [0.25, 0.3) is 0 Å². The van der Waals surface area contributed by atoms with Crippen LogP contribution in [0.1, 0.15) is 26.7 Å². The topological polar surface area (TPSA) is 83.6 Å². The minimum Gasteiger partial charge on any atom is -0.481 e. The van der Waals surface area contributed by atoms with E-state index in [9.17, 15) is 9.59 Å². The van der Waals surface area contributed by atoms with E-state index >= 15 is 0 Å². The van der Waals surface area contributed by atoms with Crippen LogP contribution >= 0.6 is 11.8 Å². The smallest absolute Gasteiger partial charge is 0.303 e. The van der Waals surface area contributed by atoms with Crippen molar-refractivity contribution in [3.8, 4) is 0 Å². The quantitative estimate of drug-likeness (QED) is 0.770. The molecule has 0 aromatic heterocycles. The van der Waals surface area contributed by atoms with Gasteiger partial charge in [-0.05, 0) is 6.42 Å². The fourth-order valence-electron chi connectivity index (χ4n) is 1.99. The van der Waals surface area contributed by atoms with E-state index in [4.69, 9.17) is 10.8 Å². The van der Waals surface area contributed by atoms with E-state index in [0.717, 1.165) is 0 Å². The maximum absolute atomic E-state index is 12.0. The number of nitrogens with zero attached hydrogens (tertiary/aromatic N) is 1. The molecule has 1 heterocycles. The Morgan fingerprint density at radius 1 is 1.41 bits per heavy atom. The van der Waals surface area contributed by atoms with Crippen LogP contribution in [0.5, 0.6) is 0 Å². The second-order valence-electron chi connectivity index (χ2n) is 4.54. The first-order valence-corrected chi connectivity index (χ1v) is 6.76. The Bertz CT molecular complexity index is 288. The highest BCUT2D eigenvalue weighted by Gasteiger charge is 2.28. The largest absolute Gasteiger partial charge is 0.481 e. The van der Waals surface area contributed by atoms with Crippen molar-refractivity contribution in [1.29, 1.82) is 0 Å². The number of hydrogen-bond donors (Lipinski definition) is 2. The third-order valence-corrected chi connectivity index (χ3v) is 3.95. The summed E-state index contributed by atoms with van der Waals surface area (Å²) in [6.07, 6.45) is 0.154. The first-order valence-electron chi connectivity index (χ1n) is 5.81. The molecule has 3 unspecified atom stereocenters. The molecule has 0 radical (unpaired) electrons. The van der Waals surface area contributed by atoms with Crippen LogP contribution in [0.3, 0.4) is 0 Å². The first-order chi connectivity index (χ1) is 7.90. The summed E-state index contributed by atoms with van der Waals surface area (Å²) in [5.74, 6) is -1.03. The van der Waals surface area contributed by atoms with Crippen LogP contribution in [0, 0.1) is 0 Å². The average Bonchev–Trinajstić information content (AvgIpc) is 2.23. The molecule has 1 amide bonds. The number of carboxylic acid groups (broad SMARTS) is 1. The number of carbonyl (C=O) groups excluding carboxylic acids is 1. The third kappa shape index (κ3) is 4.55. The number of aliphatic carboxylic acids is 1. The highest BCUT2D eigenvalue weighted by atomic mass is 32.2. The lowest BCUT2D eigenvalue weighted by atomic mass is 10.1. The van der Waals surface area contributed by atoms with Gasteiger partial charge in [0.2, 0.25) is 5.91 Å². The van der Waals surface area contributed by atoms with Gasteiger partial charge in [0, 0.05) is 30.0 Å². The molecule has 1 aliphatic rings. The van der Waals surface area contributed by atoms with Gasteiger partial charge >= 0.3 is 5.97 Å². The van der Waals surface area contributed by atoms with Crippen molar-refractivity contribution in [1.82, 2.24) is 4.90 Å². The van der Waals surface area contributed by atoms with Crippen LogP contribution in [0.4, 0.5) is 0 Å². The second kappa shape index (κ2) is 6.26. The van der Waals surface area contributed by atoms with Crippen LogP contribution in [0.15, 0.2) is 0 Å². The average molecular weight is 260 g/mol. The van der Waals surface area contributed by atoms with Gasteiger partial charge in [-0.1, -0.05) is 13.8 Å². The van der Waals surface area contributed by atoms with Crippen molar-refractivity contribution < 1.29 is 14.7 Å². The molecule has 98 valence electrons. The lowest BCUT2D eigenvalue weighted by molar-refractivity contribution is -0.137. The molecule has 17 heavy (non-hydrogen) atoms. The summed E-state index contributed by atoms with van der Waals surface area (Å²) in [5, 5.41) is 9.38. The number of carboxylic acids is 1. The van der Waals surface area contributed by atoms with Crippen LogP contribution in [-0.2, 0) is 9.59 Å². The lowest BCUT2D eigenvalue weighted by Gasteiger charge is -2.35. The molecule has 5 nitrogen and oxygen atoms in total. The SMILES string of the molecule is CC1CN(C(=O)C(N)CCC(=O)O)CC(C)S1. The van der Waals surface area contributed by atoms with Crippen molar-refractivity contribution in [3.63, 3.8) is 0 Å². The molecule has 0 aromatic carbocycles. The van der Waals surface area contributed by atoms with Crippen molar-refractivity contribution in [2.24, 2.45) is 5.73 Å². The summed E-state index contributed by atoms with van der Waals surface area (Å²) in [4.78, 5) is 24.2. The van der Waals surface area contributed by atoms with E-state index in [0.29, 0.717) is 23.6 Å². The van der Waals surface area contributed by atoms with Crippen LogP contribution in [-0.4, -0.2) is 51.5 Å². The molecule has 0 spiro atoms. The minimum atomic E-state index is -0.913. The van der Waals surface area contributed by atoms with Crippen molar-refractivity contribution >= 4 is 23.6 Å². The molecule has 1 aliphatic heterocycles. The Balaban J connectivity index is 2.47. The zero-order valence-electron chi connectivity index (χ0n) is 10.3. The summed E-state index contributed by atoms with van der Waals surface area (Å²) in [5.41, 5.74) is 5.73. The number of thioether (sulfide) groups is 1. The molecule has 0 bridgehead atoms. The van der Waals surface area contributed by atoms with Crippen molar-refractivity contribution in [3.05, 3.63) is 0 Å². The van der Waals surface area contributed by atoms with Crippen molar-refractivity contribution in [2.45, 2.75) is 43.2 Å². The Kier molecular flexibility index (Phi) is 5.27. The molecule has 0 saturated carbocycles. The van der Waals surface area contributed by atoms with Gasteiger partial charge in [0.05, 0.1) is 6.04 Å². The number of rotatable bonds is 4. The van der Waals surface area contributed by atoms with E-state index in [-0.39, 0.29) is 18.7 Å².